The monoisotopic (exact) mass is 910 g/mol. The minimum absolute atomic E-state index is 0.727. The molecule has 25 atom stereocenters. The van der Waals surface area contributed by atoms with Gasteiger partial charge in [-0.15, -0.1) is 0 Å². The lowest BCUT2D eigenvalue weighted by atomic mass is 9.95. The van der Waals surface area contributed by atoms with E-state index in [1.807, 2.05) is 0 Å². The maximum absolute atomic E-state index is 12.0. The molecule has 28 heteroatoms. The standard InChI is InChI=1S/C34H58N2O26/c1-8(41)35-15-22(48)17(43)10(3-37)56-31(15)61-28-24(50)19(45)12(5-39)58-33(28)54-7-14-21(47)27(26(52)30(53)55-14)60-34-29(25(51)20(46)13(6-40)59-34)62-32-16(36-9(2)42)23(49)18(44)11(4-38)57-32/h10-34,37-40,43-53H,3-7H2,1-2H3,(H,35,41)(H,36,42)/t10?,11?,12?,13?,14?,15?,16?,17-,18-,19-,20-,21-,22-,23-,24+,25+,26?,27+,28?,29?,30?,31+,32+,33+,34-/m1/s1. The number of carbonyl (C=O) groups is 2. The van der Waals surface area contributed by atoms with Gasteiger partial charge in [0.25, 0.3) is 0 Å². The van der Waals surface area contributed by atoms with Crippen molar-refractivity contribution in [3.63, 3.8) is 0 Å². The van der Waals surface area contributed by atoms with Crippen LogP contribution in [-0.2, 0) is 52.2 Å². The Morgan fingerprint density at radius 1 is 0.419 bits per heavy atom. The predicted molar refractivity (Wildman–Crippen MR) is 190 cm³/mol. The molecule has 5 rings (SSSR count). The lowest BCUT2D eigenvalue weighted by Gasteiger charge is -2.49. The van der Waals surface area contributed by atoms with Crippen molar-refractivity contribution in [2.24, 2.45) is 0 Å². The topological polar surface area (TPSA) is 445 Å². The molecule has 5 aliphatic rings. The van der Waals surface area contributed by atoms with Crippen LogP contribution in [0.3, 0.4) is 0 Å². The summed E-state index contributed by atoms with van der Waals surface area (Å²) in [6.45, 7) is -2.29. The number of aliphatic hydroxyl groups is 15. The van der Waals surface area contributed by atoms with Crippen LogP contribution in [0.1, 0.15) is 13.8 Å². The molecule has 0 aliphatic carbocycles. The maximum atomic E-state index is 12.0. The molecule has 5 fully saturated rings. The van der Waals surface area contributed by atoms with Gasteiger partial charge in [0.15, 0.2) is 31.5 Å². The molecule has 0 aromatic carbocycles. The smallest absolute Gasteiger partial charge is 0.217 e. The van der Waals surface area contributed by atoms with E-state index >= 15 is 0 Å². The van der Waals surface area contributed by atoms with Crippen molar-refractivity contribution >= 4 is 11.8 Å². The first-order chi connectivity index (χ1) is 29.3. The average molecular weight is 911 g/mol. The van der Waals surface area contributed by atoms with E-state index in [-0.39, 0.29) is 0 Å². The molecule has 5 saturated heterocycles. The molecule has 0 aromatic rings. The highest BCUT2D eigenvalue weighted by Crippen LogP contribution is 2.34. The molecule has 2 amide bonds. The van der Waals surface area contributed by atoms with Gasteiger partial charge in [-0.1, -0.05) is 0 Å². The van der Waals surface area contributed by atoms with Crippen molar-refractivity contribution in [1.82, 2.24) is 10.6 Å². The van der Waals surface area contributed by atoms with Crippen molar-refractivity contribution < 1.29 is 129 Å². The summed E-state index contributed by atoms with van der Waals surface area (Å²) in [5, 5.41) is 163. The molecule has 0 spiro atoms. The molecule has 5 heterocycles. The van der Waals surface area contributed by atoms with Gasteiger partial charge in [-0.2, -0.15) is 0 Å². The highest BCUT2D eigenvalue weighted by Gasteiger charge is 2.56. The number of amides is 2. The Morgan fingerprint density at radius 2 is 0.774 bits per heavy atom. The first-order valence-electron chi connectivity index (χ1n) is 19.6. The van der Waals surface area contributed by atoms with Crippen LogP contribution >= 0.6 is 0 Å². The van der Waals surface area contributed by atoms with Gasteiger partial charge < -0.3 is 130 Å². The number of nitrogens with one attached hydrogen (secondary N) is 2. The first-order valence-corrected chi connectivity index (χ1v) is 19.6. The molecular formula is C34H58N2O26. The second kappa shape index (κ2) is 22.0. The summed E-state index contributed by atoms with van der Waals surface area (Å²) in [4.78, 5) is 24.0. The Balaban J connectivity index is 1.37. The zero-order chi connectivity index (χ0) is 45.9. The first kappa shape index (κ1) is 51.0. The summed E-state index contributed by atoms with van der Waals surface area (Å²) in [6, 6.07) is -3.13. The van der Waals surface area contributed by atoms with E-state index in [0.29, 0.717) is 0 Å². The van der Waals surface area contributed by atoms with Crippen LogP contribution < -0.4 is 10.6 Å². The Morgan fingerprint density at radius 3 is 1.18 bits per heavy atom. The van der Waals surface area contributed by atoms with Gasteiger partial charge >= 0.3 is 0 Å². The van der Waals surface area contributed by atoms with Gasteiger partial charge in [0.1, 0.15) is 122 Å². The van der Waals surface area contributed by atoms with Crippen molar-refractivity contribution in [3.05, 3.63) is 0 Å². The Hall–Kier alpha value is -2.02. The average Bonchev–Trinajstić information content (AvgIpc) is 3.23. The van der Waals surface area contributed by atoms with Gasteiger partial charge in [-0.25, -0.2) is 0 Å². The molecule has 28 nitrogen and oxygen atoms in total. The van der Waals surface area contributed by atoms with Crippen molar-refractivity contribution in [2.75, 3.05) is 33.0 Å². The van der Waals surface area contributed by atoms with Gasteiger partial charge in [0.2, 0.25) is 11.8 Å². The largest absolute Gasteiger partial charge is 0.394 e. The summed E-state index contributed by atoms with van der Waals surface area (Å²) in [5.41, 5.74) is 0. The van der Waals surface area contributed by atoms with E-state index in [1.54, 1.807) is 0 Å². The van der Waals surface area contributed by atoms with Crippen LogP contribution in [0, 0.1) is 0 Å². The van der Waals surface area contributed by atoms with E-state index in [2.05, 4.69) is 10.6 Å². The molecule has 0 bridgehead atoms. The SMILES string of the molecule is CC(=O)NC1[C@H](OC2[C@@H](O[C@@H]3C(O)C(O)OC(CO[C@H]4OC(CO)[C@@H](O)[C@H](O)C4O[C@@H]4OC(CO)[C@@H](O)[C@H](O)C4NC(C)=O)[C@H]3O)OC(CO)[C@@H](O)[C@@H]2O)OC(CO)[C@@H](O)[C@@H]1O. The Kier molecular flexibility index (Phi) is 18.1. The molecular weight excluding hydrogens is 852 g/mol. The highest BCUT2D eigenvalue weighted by atomic mass is 16.8. The normalized spacial score (nSPS) is 49.0. The van der Waals surface area contributed by atoms with Crippen LogP contribution in [0.15, 0.2) is 0 Å². The minimum Gasteiger partial charge on any atom is -0.394 e. The van der Waals surface area contributed by atoms with Crippen LogP contribution in [0.2, 0.25) is 0 Å². The molecule has 0 radical (unpaired) electrons. The number of rotatable bonds is 15. The van der Waals surface area contributed by atoms with E-state index in [1.165, 1.54) is 0 Å². The van der Waals surface area contributed by atoms with Gasteiger partial charge in [0, 0.05) is 13.8 Å². The molecule has 0 saturated carbocycles. The molecule has 11 unspecified atom stereocenters. The third-order valence-electron chi connectivity index (χ3n) is 11.1. The third-order valence-corrected chi connectivity index (χ3v) is 11.1. The zero-order valence-corrected chi connectivity index (χ0v) is 33.2. The quantitative estimate of drug-likeness (QED) is 0.0725. The summed E-state index contributed by atoms with van der Waals surface area (Å²) >= 11 is 0. The van der Waals surface area contributed by atoms with E-state index in [4.69, 9.17) is 42.6 Å². The molecule has 17 N–H and O–H groups in total. The number of aliphatic hydroxyl groups excluding tert-OH is 15. The molecule has 5 aliphatic heterocycles. The van der Waals surface area contributed by atoms with E-state index < -0.39 is 198 Å². The summed E-state index contributed by atoms with van der Waals surface area (Å²) in [6.07, 6.45) is -42.4. The van der Waals surface area contributed by atoms with Crippen molar-refractivity contribution in [2.45, 2.75) is 167 Å². The number of hydrogen-bond donors (Lipinski definition) is 17. The highest BCUT2D eigenvalue weighted by molar-refractivity contribution is 5.73. The van der Waals surface area contributed by atoms with Crippen LogP contribution in [0.25, 0.3) is 0 Å². The fourth-order valence-corrected chi connectivity index (χ4v) is 7.69. The zero-order valence-electron chi connectivity index (χ0n) is 33.2. The fourth-order valence-electron chi connectivity index (χ4n) is 7.69. The third kappa shape index (κ3) is 11.0. The number of hydrogen-bond acceptors (Lipinski definition) is 26. The molecule has 360 valence electrons. The second-order valence-electron chi connectivity index (χ2n) is 15.5. The lowest BCUT2D eigenvalue weighted by molar-refractivity contribution is -0.385. The van der Waals surface area contributed by atoms with Crippen molar-refractivity contribution in [3.8, 4) is 0 Å². The van der Waals surface area contributed by atoms with Crippen LogP contribution in [0.4, 0.5) is 0 Å². The fraction of sp³-hybridized carbons (Fsp3) is 0.941. The summed E-state index contributed by atoms with van der Waals surface area (Å²) in [7, 11) is 0. The Bertz CT molecular complexity index is 1440. The number of ether oxygens (including phenoxy) is 9. The van der Waals surface area contributed by atoms with E-state index in [0.717, 1.165) is 13.8 Å². The lowest BCUT2D eigenvalue weighted by Crippen LogP contribution is -2.69. The maximum Gasteiger partial charge on any atom is 0.217 e. The van der Waals surface area contributed by atoms with Gasteiger partial charge in [0.05, 0.1) is 33.0 Å². The molecule has 62 heavy (non-hydrogen) atoms. The second-order valence-corrected chi connectivity index (χ2v) is 15.5. The van der Waals surface area contributed by atoms with Crippen LogP contribution in [-0.4, -0.2) is 275 Å². The Labute approximate surface area is 351 Å². The molecule has 0 aromatic heterocycles. The predicted octanol–water partition coefficient (Wildman–Crippen LogP) is -11.6. The van der Waals surface area contributed by atoms with Gasteiger partial charge in [-0.3, -0.25) is 9.59 Å². The summed E-state index contributed by atoms with van der Waals surface area (Å²) in [5.74, 6) is -1.47. The van der Waals surface area contributed by atoms with E-state index in [9.17, 15) is 86.2 Å². The van der Waals surface area contributed by atoms with Crippen LogP contribution in [0.5, 0.6) is 0 Å². The van der Waals surface area contributed by atoms with Gasteiger partial charge in [-0.05, 0) is 0 Å². The summed E-state index contributed by atoms with van der Waals surface area (Å²) < 4.78 is 50.9. The number of carbonyl (C=O) groups excluding carboxylic acids is 2. The van der Waals surface area contributed by atoms with Crippen molar-refractivity contribution in [1.29, 1.82) is 0 Å². The minimum atomic E-state index is -2.19.